The zero-order chi connectivity index (χ0) is 11.5. The molecule has 2 rings (SSSR count). The molecule has 1 aromatic heterocycles. The second kappa shape index (κ2) is 5.12. The molecule has 6 heteroatoms. The number of aromatic nitrogens is 2. The molecule has 0 fully saturated rings. The fraction of sp³-hybridized carbons (Fsp3) is 0.200. The van der Waals surface area contributed by atoms with Crippen LogP contribution in [0.1, 0.15) is 5.01 Å². The van der Waals surface area contributed by atoms with Crippen LogP contribution in [-0.2, 0) is 5.33 Å². The van der Waals surface area contributed by atoms with Crippen molar-refractivity contribution in [1.82, 2.24) is 9.36 Å². The van der Waals surface area contributed by atoms with Gasteiger partial charge in [-0.1, -0.05) is 27.5 Å². The van der Waals surface area contributed by atoms with Gasteiger partial charge in [-0.2, -0.15) is 4.37 Å². The maximum absolute atomic E-state index is 5.89. The first kappa shape index (κ1) is 11.8. The Morgan fingerprint density at radius 2 is 2.31 bits per heavy atom. The number of rotatable bonds is 3. The molecule has 0 aliphatic heterocycles. The van der Waals surface area contributed by atoms with E-state index < -0.39 is 0 Å². The molecule has 0 bridgehead atoms. The van der Waals surface area contributed by atoms with E-state index in [-0.39, 0.29) is 0 Å². The van der Waals surface area contributed by atoms with E-state index in [1.165, 1.54) is 11.5 Å². The molecule has 0 radical (unpaired) electrons. The third kappa shape index (κ3) is 2.36. The molecule has 1 aromatic carbocycles. The van der Waals surface area contributed by atoms with Crippen LogP contribution in [0.25, 0.3) is 11.4 Å². The summed E-state index contributed by atoms with van der Waals surface area (Å²) in [6, 6.07) is 5.42. The van der Waals surface area contributed by atoms with Crippen LogP contribution < -0.4 is 4.74 Å². The zero-order valence-electron chi connectivity index (χ0n) is 8.41. The fourth-order valence-corrected chi connectivity index (χ4v) is 2.37. The molecule has 0 spiro atoms. The predicted octanol–water partition coefficient (Wildman–Crippen LogP) is 3.76. The fourth-order valence-electron chi connectivity index (χ4n) is 1.27. The molecule has 0 N–H and O–H groups in total. The lowest BCUT2D eigenvalue weighted by atomic mass is 10.2. The van der Waals surface area contributed by atoms with E-state index in [9.17, 15) is 0 Å². The first-order valence-corrected chi connectivity index (χ1v) is 6.74. The standard InChI is InChI=1S/C10H8BrClN2OS/c1-15-8-4-6(12)2-3-7(8)10-13-9(5-11)16-14-10/h2-4H,5H2,1H3. The lowest BCUT2D eigenvalue weighted by Crippen LogP contribution is -1.89. The summed E-state index contributed by atoms with van der Waals surface area (Å²) in [4.78, 5) is 4.37. The van der Waals surface area contributed by atoms with E-state index in [1.807, 2.05) is 6.07 Å². The van der Waals surface area contributed by atoms with Crippen molar-refractivity contribution in [3.8, 4) is 17.1 Å². The van der Waals surface area contributed by atoms with Gasteiger partial charge in [0.1, 0.15) is 10.8 Å². The van der Waals surface area contributed by atoms with Gasteiger partial charge in [-0.05, 0) is 29.7 Å². The molecule has 0 saturated carbocycles. The van der Waals surface area contributed by atoms with E-state index in [4.69, 9.17) is 16.3 Å². The maximum Gasteiger partial charge on any atom is 0.176 e. The summed E-state index contributed by atoms with van der Waals surface area (Å²) in [6.07, 6.45) is 0. The SMILES string of the molecule is COc1cc(Cl)ccc1-c1nsc(CBr)n1. The van der Waals surface area contributed by atoms with E-state index in [0.29, 0.717) is 21.9 Å². The number of hydrogen-bond acceptors (Lipinski definition) is 4. The van der Waals surface area contributed by atoms with Crippen molar-refractivity contribution in [2.45, 2.75) is 5.33 Å². The quantitative estimate of drug-likeness (QED) is 0.808. The average Bonchev–Trinajstić information content (AvgIpc) is 2.77. The second-order valence-corrected chi connectivity index (χ2v) is 4.82. The molecule has 0 unspecified atom stereocenters. The smallest absolute Gasteiger partial charge is 0.176 e. The molecular weight excluding hydrogens is 312 g/mol. The third-order valence-corrected chi connectivity index (χ3v) is 3.83. The molecule has 84 valence electrons. The van der Waals surface area contributed by atoms with Crippen LogP contribution in [0.3, 0.4) is 0 Å². The molecule has 0 atom stereocenters. The third-order valence-electron chi connectivity index (χ3n) is 1.99. The minimum absolute atomic E-state index is 0.636. The van der Waals surface area contributed by atoms with Crippen molar-refractivity contribution in [2.75, 3.05) is 7.11 Å². The van der Waals surface area contributed by atoms with Crippen molar-refractivity contribution in [2.24, 2.45) is 0 Å². The van der Waals surface area contributed by atoms with Crippen molar-refractivity contribution < 1.29 is 4.74 Å². The Balaban J connectivity index is 2.46. The number of methoxy groups -OCH3 is 1. The Bertz CT molecular complexity index is 503. The van der Waals surface area contributed by atoms with Crippen molar-refractivity contribution in [3.05, 3.63) is 28.2 Å². The monoisotopic (exact) mass is 318 g/mol. The lowest BCUT2D eigenvalue weighted by molar-refractivity contribution is 0.416. The van der Waals surface area contributed by atoms with E-state index >= 15 is 0 Å². The molecule has 3 nitrogen and oxygen atoms in total. The molecule has 1 heterocycles. The number of benzene rings is 1. The molecule has 2 aromatic rings. The van der Waals surface area contributed by atoms with Crippen LogP contribution >= 0.6 is 39.1 Å². The van der Waals surface area contributed by atoms with Gasteiger partial charge in [-0.25, -0.2) is 4.98 Å². The highest BCUT2D eigenvalue weighted by Gasteiger charge is 2.11. The zero-order valence-corrected chi connectivity index (χ0v) is 11.6. The summed E-state index contributed by atoms with van der Waals surface area (Å²) in [7, 11) is 1.60. The minimum Gasteiger partial charge on any atom is -0.496 e. The van der Waals surface area contributed by atoms with Gasteiger partial charge in [0.05, 0.1) is 18.0 Å². The predicted molar refractivity (Wildman–Crippen MR) is 69.5 cm³/mol. The summed E-state index contributed by atoms with van der Waals surface area (Å²) >= 11 is 10.6. The number of halogens is 2. The molecule has 0 aliphatic carbocycles. The van der Waals surface area contributed by atoms with Crippen molar-refractivity contribution in [1.29, 1.82) is 0 Å². The summed E-state index contributed by atoms with van der Waals surface area (Å²) in [5.74, 6) is 1.36. The topological polar surface area (TPSA) is 35.0 Å². The van der Waals surface area contributed by atoms with E-state index in [0.717, 1.165) is 10.6 Å². The van der Waals surface area contributed by atoms with Crippen LogP contribution in [0.15, 0.2) is 18.2 Å². The van der Waals surface area contributed by atoms with Crippen molar-refractivity contribution >= 4 is 39.1 Å². The number of alkyl halides is 1. The second-order valence-electron chi connectivity index (χ2n) is 2.99. The first-order valence-electron chi connectivity index (χ1n) is 4.47. The van der Waals surface area contributed by atoms with Gasteiger partial charge in [0, 0.05) is 5.02 Å². The Morgan fingerprint density at radius 3 is 2.94 bits per heavy atom. The van der Waals surface area contributed by atoms with Crippen LogP contribution in [0.5, 0.6) is 5.75 Å². The van der Waals surface area contributed by atoms with Gasteiger partial charge in [-0.15, -0.1) is 0 Å². The summed E-state index contributed by atoms with van der Waals surface area (Å²) in [6.45, 7) is 0. The van der Waals surface area contributed by atoms with E-state index in [1.54, 1.807) is 19.2 Å². The highest BCUT2D eigenvalue weighted by atomic mass is 79.9. The normalized spacial score (nSPS) is 10.4. The Morgan fingerprint density at radius 1 is 1.50 bits per heavy atom. The van der Waals surface area contributed by atoms with Crippen LogP contribution in [0.2, 0.25) is 5.02 Å². The minimum atomic E-state index is 0.636. The van der Waals surface area contributed by atoms with Gasteiger partial charge < -0.3 is 4.74 Å². The first-order chi connectivity index (χ1) is 7.74. The lowest BCUT2D eigenvalue weighted by Gasteiger charge is -2.05. The Labute approximate surface area is 111 Å². The molecule has 0 amide bonds. The van der Waals surface area contributed by atoms with Gasteiger partial charge in [0.2, 0.25) is 0 Å². The molecule has 0 aliphatic rings. The van der Waals surface area contributed by atoms with E-state index in [2.05, 4.69) is 25.3 Å². The van der Waals surface area contributed by atoms with Gasteiger partial charge >= 0.3 is 0 Å². The highest BCUT2D eigenvalue weighted by Crippen LogP contribution is 2.31. The van der Waals surface area contributed by atoms with Crippen LogP contribution in [0, 0.1) is 0 Å². The highest BCUT2D eigenvalue weighted by molar-refractivity contribution is 9.08. The largest absolute Gasteiger partial charge is 0.496 e. The number of hydrogen-bond donors (Lipinski definition) is 0. The molecular formula is C10H8BrClN2OS. The maximum atomic E-state index is 5.89. The van der Waals surface area contributed by atoms with Gasteiger partial charge in [0.25, 0.3) is 0 Å². The summed E-state index contributed by atoms with van der Waals surface area (Å²) < 4.78 is 9.52. The van der Waals surface area contributed by atoms with Crippen LogP contribution in [0.4, 0.5) is 0 Å². The molecule has 0 saturated heterocycles. The van der Waals surface area contributed by atoms with Crippen molar-refractivity contribution in [3.63, 3.8) is 0 Å². The van der Waals surface area contributed by atoms with Gasteiger partial charge in [-0.3, -0.25) is 0 Å². The van der Waals surface area contributed by atoms with Crippen LogP contribution in [-0.4, -0.2) is 16.5 Å². The Hall–Kier alpha value is -0.650. The summed E-state index contributed by atoms with van der Waals surface area (Å²) in [5, 5.41) is 2.28. The van der Waals surface area contributed by atoms with Gasteiger partial charge in [0.15, 0.2) is 5.82 Å². The number of nitrogens with zero attached hydrogens (tertiary/aromatic N) is 2. The number of ether oxygens (including phenoxy) is 1. The average molecular weight is 320 g/mol. The molecule has 16 heavy (non-hydrogen) atoms. The summed E-state index contributed by atoms with van der Waals surface area (Å²) in [5.41, 5.74) is 0.857. The Kier molecular flexibility index (Phi) is 3.78.